The minimum Gasteiger partial charge on any atom is -0.333 e. The van der Waals surface area contributed by atoms with Gasteiger partial charge in [0.25, 0.3) is 0 Å². The van der Waals surface area contributed by atoms with E-state index < -0.39 is 17.9 Å². The molecule has 1 unspecified atom stereocenters. The smallest absolute Gasteiger partial charge is 0.333 e. The van der Waals surface area contributed by atoms with Crippen LogP contribution < -0.4 is 0 Å². The van der Waals surface area contributed by atoms with Gasteiger partial charge in [0.05, 0.1) is 5.56 Å². The van der Waals surface area contributed by atoms with E-state index in [1.54, 1.807) is 18.0 Å². The summed E-state index contributed by atoms with van der Waals surface area (Å²) >= 11 is 0. The zero-order valence-corrected chi connectivity index (χ0v) is 14.1. The van der Waals surface area contributed by atoms with E-state index in [9.17, 15) is 18.4 Å². The maximum Gasteiger partial charge on any atom is 0.417 e. The largest absolute Gasteiger partial charge is 0.417 e. The van der Waals surface area contributed by atoms with E-state index in [1.807, 2.05) is 0 Å². The maximum absolute atomic E-state index is 13.4. The number of alkyl halides is 3. The molecule has 1 aromatic rings. The van der Waals surface area contributed by atoms with Crippen molar-refractivity contribution in [3.05, 3.63) is 35.4 Å². The van der Waals surface area contributed by atoms with Gasteiger partial charge in [-0.25, -0.2) is 0 Å². The third kappa shape index (κ3) is 2.60. The molecule has 1 atom stereocenters. The van der Waals surface area contributed by atoms with Crippen LogP contribution in [0.4, 0.5) is 13.2 Å². The first-order valence-electron chi connectivity index (χ1n) is 8.78. The summed E-state index contributed by atoms with van der Waals surface area (Å²) in [7, 11) is 1.74. The number of nitrogens with zero attached hydrogens (tertiary/aromatic N) is 3. The minimum atomic E-state index is -4.46. The number of rotatable bonds is 2. The summed E-state index contributed by atoms with van der Waals surface area (Å²) in [5.41, 5.74) is -0.809. The SMILES string of the molecule is CN1C(c2ccccc2C(F)(F)F)=NN(O)C1C12CCC(CC1)CC2. The first-order chi connectivity index (χ1) is 11.8. The van der Waals surface area contributed by atoms with Crippen molar-refractivity contribution < 1.29 is 18.4 Å². The molecule has 3 fully saturated rings. The predicted octanol–water partition coefficient (Wildman–Crippen LogP) is 4.30. The highest BCUT2D eigenvalue weighted by Crippen LogP contribution is 2.54. The molecule has 136 valence electrons. The van der Waals surface area contributed by atoms with Crippen LogP contribution in [0.2, 0.25) is 0 Å². The molecule has 7 heteroatoms. The van der Waals surface area contributed by atoms with E-state index in [0.29, 0.717) is 0 Å². The molecular weight excluding hydrogens is 331 g/mol. The van der Waals surface area contributed by atoms with Gasteiger partial charge < -0.3 is 4.90 Å². The summed E-state index contributed by atoms with van der Waals surface area (Å²) in [5, 5.41) is 15.5. The van der Waals surface area contributed by atoms with E-state index in [0.717, 1.165) is 55.7 Å². The zero-order chi connectivity index (χ0) is 17.8. The average Bonchev–Trinajstić information content (AvgIpc) is 2.91. The second-order valence-corrected chi connectivity index (χ2v) is 7.62. The molecule has 0 spiro atoms. The van der Waals surface area contributed by atoms with Crippen LogP contribution >= 0.6 is 0 Å². The second-order valence-electron chi connectivity index (χ2n) is 7.62. The highest BCUT2D eigenvalue weighted by atomic mass is 19.4. The van der Waals surface area contributed by atoms with Gasteiger partial charge in [0, 0.05) is 18.0 Å². The molecule has 0 amide bonds. The molecule has 2 bridgehead atoms. The van der Waals surface area contributed by atoms with Crippen molar-refractivity contribution in [3.8, 4) is 0 Å². The number of hydroxylamine groups is 1. The molecule has 3 aliphatic carbocycles. The number of hydrazone groups is 1. The van der Waals surface area contributed by atoms with Gasteiger partial charge in [-0.15, -0.1) is 10.3 Å². The number of amidine groups is 1. The lowest BCUT2D eigenvalue weighted by atomic mass is 9.59. The number of halogens is 3. The van der Waals surface area contributed by atoms with E-state index >= 15 is 0 Å². The molecule has 3 saturated carbocycles. The molecule has 1 N–H and O–H groups in total. The Morgan fingerprint density at radius 2 is 1.72 bits per heavy atom. The lowest BCUT2D eigenvalue weighted by molar-refractivity contribution is -0.196. The molecule has 4 aliphatic rings. The van der Waals surface area contributed by atoms with Crippen molar-refractivity contribution in [2.24, 2.45) is 16.4 Å². The Labute approximate surface area is 144 Å². The Morgan fingerprint density at radius 3 is 2.32 bits per heavy atom. The molecule has 1 aromatic carbocycles. The van der Waals surface area contributed by atoms with E-state index in [4.69, 9.17) is 0 Å². The van der Waals surface area contributed by atoms with E-state index in [1.165, 1.54) is 12.1 Å². The molecule has 4 nitrogen and oxygen atoms in total. The summed E-state index contributed by atoms with van der Waals surface area (Å²) < 4.78 is 40.1. The molecule has 0 saturated heterocycles. The van der Waals surface area contributed by atoms with Crippen LogP contribution in [0, 0.1) is 11.3 Å². The zero-order valence-electron chi connectivity index (χ0n) is 14.1. The predicted molar refractivity (Wildman–Crippen MR) is 86.8 cm³/mol. The van der Waals surface area contributed by atoms with Crippen molar-refractivity contribution in [3.63, 3.8) is 0 Å². The van der Waals surface area contributed by atoms with Gasteiger partial charge >= 0.3 is 6.18 Å². The normalized spacial score (nSPS) is 32.3. The van der Waals surface area contributed by atoms with Crippen LogP contribution in [0.3, 0.4) is 0 Å². The van der Waals surface area contributed by atoms with Crippen LogP contribution in [0.1, 0.15) is 49.7 Å². The maximum atomic E-state index is 13.4. The highest BCUT2D eigenvalue weighted by molar-refractivity contribution is 6.01. The number of benzene rings is 1. The molecule has 25 heavy (non-hydrogen) atoms. The fraction of sp³-hybridized carbons (Fsp3) is 0.611. The molecule has 0 radical (unpaired) electrons. The fourth-order valence-electron chi connectivity index (χ4n) is 4.99. The van der Waals surface area contributed by atoms with Gasteiger partial charge in [0.2, 0.25) is 0 Å². The Bertz CT molecular complexity index is 681. The van der Waals surface area contributed by atoms with Gasteiger partial charge in [-0.2, -0.15) is 13.2 Å². The summed E-state index contributed by atoms with van der Waals surface area (Å²) in [4.78, 5) is 1.73. The summed E-state index contributed by atoms with van der Waals surface area (Å²) in [6.45, 7) is 0. The van der Waals surface area contributed by atoms with Crippen molar-refractivity contribution in [1.82, 2.24) is 10.1 Å². The molecular formula is C18H22F3N3O. The lowest BCUT2D eigenvalue weighted by Gasteiger charge is -2.52. The van der Waals surface area contributed by atoms with Crippen LogP contribution in [0.25, 0.3) is 0 Å². The second kappa shape index (κ2) is 5.62. The summed E-state index contributed by atoms with van der Waals surface area (Å²) in [5.74, 6) is 0.953. The van der Waals surface area contributed by atoms with Crippen molar-refractivity contribution in [2.45, 2.75) is 50.9 Å². The topological polar surface area (TPSA) is 39.1 Å². The Hall–Kier alpha value is -1.76. The summed E-state index contributed by atoms with van der Waals surface area (Å²) in [6.07, 6.45) is 1.52. The van der Waals surface area contributed by atoms with Crippen LogP contribution in [-0.4, -0.2) is 34.3 Å². The molecule has 5 rings (SSSR count). The third-order valence-corrected chi connectivity index (χ3v) is 6.29. The monoisotopic (exact) mass is 353 g/mol. The Balaban J connectivity index is 1.69. The molecule has 1 aliphatic heterocycles. The number of hydrogen-bond donors (Lipinski definition) is 1. The molecule has 0 aromatic heterocycles. The standard InChI is InChI=1S/C18H22F3N3O/c1-23-15(13-4-2-3-5-14(13)18(19,20)21)22-24(25)16(23)17-9-6-12(7-10-17)8-11-17/h2-5,12,16,25H,6-11H2,1H3. The fourth-order valence-corrected chi connectivity index (χ4v) is 4.99. The first kappa shape index (κ1) is 16.7. The van der Waals surface area contributed by atoms with Crippen molar-refractivity contribution in [1.29, 1.82) is 0 Å². The van der Waals surface area contributed by atoms with Crippen molar-refractivity contribution >= 4 is 5.84 Å². The van der Waals surface area contributed by atoms with Crippen molar-refractivity contribution in [2.75, 3.05) is 7.05 Å². The lowest BCUT2D eigenvalue weighted by Crippen LogP contribution is -2.54. The number of fused-ring (bicyclic) bond motifs is 3. The van der Waals surface area contributed by atoms with Crippen LogP contribution in [0.15, 0.2) is 29.4 Å². The molecule has 1 heterocycles. The van der Waals surface area contributed by atoms with Gasteiger partial charge in [0.15, 0.2) is 12.0 Å². The van der Waals surface area contributed by atoms with Gasteiger partial charge in [-0.1, -0.05) is 18.2 Å². The van der Waals surface area contributed by atoms with Gasteiger partial charge in [-0.05, 0) is 50.5 Å². The van der Waals surface area contributed by atoms with Gasteiger partial charge in [0.1, 0.15) is 0 Å². The van der Waals surface area contributed by atoms with Crippen LogP contribution in [0.5, 0.6) is 0 Å². The quantitative estimate of drug-likeness (QED) is 0.862. The Kier molecular flexibility index (Phi) is 3.76. The van der Waals surface area contributed by atoms with E-state index in [-0.39, 0.29) is 16.8 Å². The average molecular weight is 353 g/mol. The van der Waals surface area contributed by atoms with Crippen LogP contribution in [-0.2, 0) is 6.18 Å². The number of hydrogen-bond acceptors (Lipinski definition) is 4. The Morgan fingerprint density at radius 1 is 1.12 bits per heavy atom. The van der Waals surface area contributed by atoms with Gasteiger partial charge in [-0.3, -0.25) is 5.21 Å². The first-order valence-corrected chi connectivity index (χ1v) is 8.78. The van der Waals surface area contributed by atoms with E-state index in [2.05, 4.69) is 5.10 Å². The summed E-state index contributed by atoms with van der Waals surface area (Å²) in [6, 6.07) is 5.42. The minimum absolute atomic E-state index is 0.0138. The highest BCUT2D eigenvalue weighted by Gasteiger charge is 2.53. The third-order valence-electron chi connectivity index (χ3n) is 6.29.